The maximum atomic E-state index is 8.92. The number of fused-ring (bicyclic) bond motifs is 1. The maximum Gasteiger partial charge on any atom is 0.141 e. The van der Waals surface area contributed by atoms with Gasteiger partial charge in [-0.2, -0.15) is 0 Å². The number of allylic oxidation sites excluding steroid dienone is 1. The molecule has 4 nitrogen and oxygen atoms in total. The molecule has 0 amide bonds. The molecule has 4 aromatic rings. The van der Waals surface area contributed by atoms with Crippen LogP contribution in [0.15, 0.2) is 97.2 Å². The SMILES string of the molecule is C=C(/C=C/c1cccc(-c2nc3ccccc3n2[C@@H](C)c2ccccc2)c1)NO. The lowest BCUT2D eigenvalue weighted by molar-refractivity contribution is 0.205. The van der Waals surface area contributed by atoms with E-state index in [4.69, 9.17) is 10.2 Å². The Kier molecular flexibility index (Phi) is 5.27. The van der Waals surface area contributed by atoms with Gasteiger partial charge in [-0.05, 0) is 42.3 Å². The Labute approximate surface area is 170 Å². The van der Waals surface area contributed by atoms with E-state index in [1.165, 1.54) is 5.56 Å². The molecule has 0 aliphatic heterocycles. The second-order valence-electron chi connectivity index (χ2n) is 6.98. The highest BCUT2D eigenvalue weighted by Gasteiger charge is 2.18. The lowest BCUT2D eigenvalue weighted by atomic mass is 10.1. The van der Waals surface area contributed by atoms with Crippen molar-refractivity contribution in [1.29, 1.82) is 0 Å². The first-order valence-electron chi connectivity index (χ1n) is 9.57. The van der Waals surface area contributed by atoms with Crippen LogP contribution in [0.3, 0.4) is 0 Å². The summed E-state index contributed by atoms with van der Waals surface area (Å²) in [6.07, 6.45) is 3.64. The monoisotopic (exact) mass is 381 g/mol. The van der Waals surface area contributed by atoms with Gasteiger partial charge in [0.15, 0.2) is 0 Å². The molecule has 2 N–H and O–H groups in total. The van der Waals surface area contributed by atoms with Crippen molar-refractivity contribution >= 4 is 17.1 Å². The Morgan fingerprint density at radius 3 is 2.59 bits per heavy atom. The first-order chi connectivity index (χ1) is 14.2. The smallest absolute Gasteiger partial charge is 0.141 e. The van der Waals surface area contributed by atoms with Crippen LogP contribution >= 0.6 is 0 Å². The Morgan fingerprint density at radius 1 is 1.03 bits per heavy atom. The van der Waals surface area contributed by atoms with Gasteiger partial charge in [-0.25, -0.2) is 4.98 Å². The van der Waals surface area contributed by atoms with Crippen molar-refractivity contribution in [3.05, 3.63) is 108 Å². The van der Waals surface area contributed by atoms with Crippen LogP contribution in [-0.2, 0) is 0 Å². The van der Waals surface area contributed by atoms with Crippen molar-refractivity contribution in [2.75, 3.05) is 0 Å². The van der Waals surface area contributed by atoms with Crippen LogP contribution in [0.4, 0.5) is 0 Å². The molecule has 0 unspecified atom stereocenters. The molecule has 0 aliphatic rings. The normalized spacial score (nSPS) is 12.3. The highest BCUT2D eigenvalue weighted by Crippen LogP contribution is 2.31. The standard InChI is InChI=1S/C25H23N3O/c1-18(27-29)15-16-20-9-8-12-22(17-20)25-26-23-13-6-7-14-24(23)28(25)19(2)21-10-4-3-5-11-21/h3-17,19,27,29H,1H2,2H3/b16-15+/t19-/m0/s1. The van der Waals surface area contributed by atoms with E-state index >= 15 is 0 Å². The van der Waals surface area contributed by atoms with E-state index in [0.717, 1.165) is 28.0 Å². The molecule has 1 atom stereocenters. The van der Waals surface area contributed by atoms with Crippen molar-refractivity contribution in [3.8, 4) is 11.4 Å². The van der Waals surface area contributed by atoms with Crippen molar-refractivity contribution in [2.45, 2.75) is 13.0 Å². The predicted molar refractivity (Wildman–Crippen MR) is 119 cm³/mol. The van der Waals surface area contributed by atoms with Gasteiger partial charge in [0.2, 0.25) is 0 Å². The van der Waals surface area contributed by atoms with Crippen LogP contribution in [0.25, 0.3) is 28.5 Å². The third kappa shape index (κ3) is 3.84. The van der Waals surface area contributed by atoms with Crippen LogP contribution in [0.1, 0.15) is 24.1 Å². The molecule has 1 heterocycles. The predicted octanol–water partition coefficient (Wildman–Crippen LogP) is 5.82. The fourth-order valence-electron chi connectivity index (χ4n) is 3.54. The number of nitrogens with one attached hydrogen (secondary N) is 1. The molecule has 0 saturated heterocycles. The Bertz CT molecular complexity index is 1180. The minimum Gasteiger partial charge on any atom is -0.317 e. The third-order valence-electron chi connectivity index (χ3n) is 5.03. The lowest BCUT2D eigenvalue weighted by Gasteiger charge is -2.18. The number of hydrogen-bond donors (Lipinski definition) is 2. The number of hydroxylamine groups is 1. The van der Waals surface area contributed by atoms with Gasteiger partial charge in [0.25, 0.3) is 0 Å². The van der Waals surface area contributed by atoms with Gasteiger partial charge in [-0.3, -0.25) is 10.7 Å². The van der Waals surface area contributed by atoms with Crippen LogP contribution in [-0.4, -0.2) is 14.8 Å². The largest absolute Gasteiger partial charge is 0.317 e. The molecule has 0 aliphatic carbocycles. The quantitative estimate of drug-likeness (QED) is 0.327. The fraction of sp³-hybridized carbons (Fsp3) is 0.0800. The summed E-state index contributed by atoms with van der Waals surface area (Å²) in [6, 6.07) is 27.0. The number of imidazole rings is 1. The molecular formula is C25H23N3O. The summed E-state index contributed by atoms with van der Waals surface area (Å²) < 4.78 is 2.29. The van der Waals surface area contributed by atoms with Crippen LogP contribution < -0.4 is 5.48 Å². The van der Waals surface area contributed by atoms with Crippen molar-refractivity contribution < 1.29 is 5.21 Å². The molecular weight excluding hydrogens is 358 g/mol. The summed E-state index contributed by atoms with van der Waals surface area (Å²) in [5.41, 5.74) is 7.83. The van der Waals surface area contributed by atoms with E-state index in [9.17, 15) is 0 Å². The van der Waals surface area contributed by atoms with Crippen LogP contribution in [0.2, 0.25) is 0 Å². The van der Waals surface area contributed by atoms with E-state index in [-0.39, 0.29) is 6.04 Å². The summed E-state index contributed by atoms with van der Waals surface area (Å²) in [5, 5.41) is 8.92. The van der Waals surface area contributed by atoms with Crippen molar-refractivity contribution in [1.82, 2.24) is 15.0 Å². The molecule has 0 spiro atoms. The van der Waals surface area contributed by atoms with Gasteiger partial charge in [-0.15, -0.1) is 0 Å². The molecule has 0 saturated carbocycles. The topological polar surface area (TPSA) is 50.1 Å². The number of aromatic nitrogens is 2. The molecule has 0 fully saturated rings. The van der Waals surface area contributed by atoms with E-state index < -0.39 is 0 Å². The number of para-hydroxylation sites is 2. The third-order valence-corrected chi connectivity index (χ3v) is 5.03. The fourth-order valence-corrected chi connectivity index (χ4v) is 3.54. The zero-order valence-corrected chi connectivity index (χ0v) is 16.3. The first-order valence-corrected chi connectivity index (χ1v) is 9.57. The molecule has 0 bridgehead atoms. The number of rotatable bonds is 6. The summed E-state index contributed by atoms with van der Waals surface area (Å²) in [4.78, 5) is 4.95. The van der Waals surface area contributed by atoms with Gasteiger partial charge < -0.3 is 4.57 Å². The summed E-state index contributed by atoms with van der Waals surface area (Å²) >= 11 is 0. The lowest BCUT2D eigenvalue weighted by Crippen LogP contribution is -2.08. The summed E-state index contributed by atoms with van der Waals surface area (Å²) in [6.45, 7) is 5.91. The molecule has 3 aromatic carbocycles. The average Bonchev–Trinajstić information content (AvgIpc) is 3.17. The van der Waals surface area contributed by atoms with E-state index in [1.807, 2.05) is 41.9 Å². The van der Waals surface area contributed by atoms with Gasteiger partial charge in [-0.1, -0.05) is 73.3 Å². The van der Waals surface area contributed by atoms with E-state index in [1.54, 1.807) is 6.08 Å². The van der Waals surface area contributed by atoms with Gasteiger partial charge in [0, 0.05) is 5.56 Å². The van der Waals surface area contributed by atoms with Gasteiger partial charge in [0.1, 0.15) is 5.82 Å². The van der Waals surface area contributed by atoms with Gasteiger partial charge >= 0.3 is 0 Å². The minimum absolute atomic E-state index is 0.135. The average molecular weight is 381 g/mol. The van der Waals surface area contributed by atoms with Gasteiger partial charge in [0.05, 0.1) is 22.8 Å². The molecule has 1 aromatic heterocycles. The van der Waals surface area contributed by atoms with Crippen LogP contribution in [0.5, 0.6) is 0 Å². The highest BCUT2D eigenvalue weighted by atomic mass is 16.5. The summed E-state index contributed by atoms with van der Waals surface area (Å²) in [7, 11) is 0. The Balaban J connectivity index is 1.84. The molecule has 4 heteroatoms. The first kappa shape index (κ1) is 18.7. The zero-order valence-electron chi connectivity index (χ0n) is 16.3. The zero-order chi connectivity index (χ0) is 20.2. The number of hydrogen-bond acceptors (Lipinski definition) is 3. The Hall–Kier alpha value is -3.63. The molecule has 0 radical (unpaired) electrons. The number of benzene rings is 3. The molecule has 144 valence electrons. The summed E-state index contributed by atoms with van der Waals surface area (Å²) in [5.74, 6) is 0.928. The van der Waals surface area contributed by atoms with Crippen LogP contribution in [0, 0.1) is 0 Å². The highest BCUT2D eigenvalue weighted by molar-refractivity contribution is 5.81. The second kappa shape index (κ2) is 8.17. The van der Waals surface area contributed by atoms with E-state index in [2.05, 4.69) is 66.6 Å². The Morgan fingerprint density at radius 2 is 1.79 bits per heavy atom. The maximum absolute atomic E-state index is 8.92. The second-order valence-corrected chi connectivity index (χ2v) is 6.98. The van der Waals surface area contributed by atoms with Crippen molar-refractivity contribution in [3.63, 3.8) is 0 Å². The van der Waals surface area contributed by atoms with E-state index in [0.29, 0.717) is 5.70 Å². The van der Waals surface area contributed by atoms with Crippen molar-refractivity contribution in [2.24, 2.45) is 0 Å². The molecule has 29 heavy (non-hydrogen) atoms. The minimum atomic E-state index is 0.135. The number of nitrogens with zero attached hydrogens (tertiary/aromatic N) is 2. The molecule has 4 rings (SSSR count).